The minimum atomic E-state index is -0.373. The summed E-state index contributed by atoms with van der Waals surface area (Å²) in [6, 6.07) is 0. The second-order valence-corrected chi connectivity index (χ2v) is 7.19. The van der Waals surface area contributed by atoms with Crippen LogP contribution >= 0.6 is 0 Å². The molecule has 1 N–H and O–H groups in total. The van der Waals surface area contributed by atoms with Crippen molar-refractivity contribution < 1.29 is 9.84 Å². The van der Waals surface area contributed by atoms with E-state index in [0.29, 0.717) is 6.10 Å². The van der Waals surface area contributed by atoms with Crippen LogP contribution < -0.4 is 0 Å². The first-order valence-electron chi connectivity index (χ1n) is 8.43. The first kappa shape index (κ1) is 15.3. The minimum Gasteiger partial charge on any atom is -0.390 e. The molecule has 0 aromatic rings. The third-order valence-corrected chi connectivity index (χ3v) is 5.33. The van der Waals surface area contributed by atoms with Gasteiger partial charge in [0.2, 0.25) is 0 Å². The third-order valence-electron chi connectivity index (χ3n) is 5.33. The van der Waals surface area contributed by atoms with E-state index in [1.807, 2.05) is 0 Å². The molecule has 2 nitrogen and oxygen atoms in total. The number of rotatable bonds is 5. The molecule has 2 heteroatoms. The molecule has 0 spiro atoms. The van der Waals surface area contributed by atoms with E-state index in [-0.39, 0.29) is 5.60 Å². The van der Waals surface area contributed by atoms with Gasteiger partial charge in [0.1, 0.15) is 0 Å². The fourth-order valence-corrected chi connectivity index (χ4v) is 3.86. The van der Waals surface area contributed by atoms with Gasteiger partial charge in [-0.05, 0) is 63.2 Å². The fraction of sp³-hybridized carbons (Fsp3) is 1.00. The molecule has 1 saturated heterocycles. The molecule has 2 fully saturated rings. The molecule has 1 aliphatic carbocycles. The molecule has 1 heterocycles. The average Bonchev–Trinajstić information content (AvgIpc) is 2.78. The summed E-state index contributed by atoms with van der Waals surface area (Å²) >= 11 is 0. The Labute approximate surface area is 118 Å². The Morgan fingerprint density at radius 1 is 1.16 bits per heavy atom. The molecular formula is C17H32O2. The quantitative estimate of drug-likeness (QED) is 0.753. The zero-order valence-corrected chi connectivity index (χ0v) is 12.9. The normalized spacial score (nSPS) is 36.6. The van der Waals surface area contributed by atoms with Crippen LogP contribution in [0.5, 0.6) is 0 Å². The van der Waals surface area contributed by atoms with Gasteiger partial charge in [-0.25, -0.2) is 0 Å². The maximum Gasteiger partial charge on any atom is 0.0648 e. The summed E-state index contributed by atoms with van der Waals surface area (Å²) in [5, 5.41) is 10.8. The van der Waals surface area contributed by atoms with Gasteiger partial charge in [-0.1, -0.05) is 26.7 Å². The topological polar surface area (TPSA) is 29.5 Å². The van der Waals surface area contributed by atoms with Crippen LogP contribution in [-0.2, 0) is 4.74 Å². The Bertz CT molecular complexity index is 258. The maximum absolute atomic E-state index is 10.8. The zero-order chi connectivity index (χ0) is 13.7. The lowest BCUT2D eigenvalue weighted by molar-refractivity contribution is 0.00816. The summed E-state index contributed by atoms with van der Waals surface area (Å²) in [5.74, 6) is 1.60. The predicted octanol–water partition coefficient (Wildman–Crippen LogP) is 4.30. The Kier molecular flexibility index (Phi) is 5.70. The van der Waals surface area contributed by atoms with Crippen molar-refractivity contribution in [2.24, 2.45) is 11.8 Å². The van der Waals surface area contributed by atoms with Gasteiger partial charge in [0.15, 0.2) is 0 Å². The van der Waals surface area contributed by atoms with Crippen LogP contribution in [0.25, 0.3) is 0 Å². The molecule has 0 radical (unpaired) electrons. The van der Waals surface area contributed by atoms with E-state index in [0.717, 1.165) is 50.5 Å². The molecule has 3 atom stereocenters. The lowest BCUT2D eigenvalue weighted by Crippen LogP contribution is -2.28. The standard InChI is InChI=1S/C17H32O2/c1-14(2)15-6-3-10-17(18,12-9-15)11-4-7-16-8-5-13-19-16/h14-16,18H,3-13H2,1-2H3. The monoisotopic (exact) mass is 268 g/mol. The fourth-order valence-electron chi connectivity index (χ4n) is 3.86. The summed E-state index contributed by atoms with van der Waals surface area (Å²) in [6.07, 6.45) is 12.0. The van der Waals surface area contributed by atoms with Crippen molar-refractivity contribution in [1.29, 1.82) is 0 Å². The molecular weight excluding hydrogens is 236 g/mol. The molecule has 112 valence electrons. The van der Waals surface area contributed by atoms with Gasteiger partial charge in [-0.15, -0.1) is 0 Å². The number of ether oxygens (including phenoxy) is 1. The average molecular weight is 268 g/mol. The van der Waals surface area contributed by atoms with Crippen LogP contribution in [0.1, 0.15) is 78.1 Å². The molecule has 0 amide bonds. The van der Waals surface area contributed by atoms with Gasteiger partial charge in [-0.2, -0.15) is 0 Å². The van der Waals surface area contributed by atoms with E-state index in [2.05, 4.69) is 13.8 Å². The zero-order valence-electron chi connectivity index (χ0n) is 12.9. The van der Waals surface area contributed by atoms with Gasteiger partial charge >= 0.3 is 0 Å². The Morgan fingerprint density at radius 3 is 2.68 bits per heavy atom. The summed E-state index contributed by atoms with van der Waals surface area (Å²) in [5.41, 5.74) is -0.373. The van der Waals surface area contributed by atoms with Gasteiger partial charge < -0.3 is 9.84 Å². The van der Waals surface area contributed by atoms with E-state index in [9.17, 15) is 5.11 Å². The van der Waals surface area contributed by atoms with Crippen LogP contribution in [-0.4, -0.2) is 23.4 Å². The molecule has 1 aliphatic heterocycles. The lowest BCUT2D eigenvalue weighted by atomic mass is 9.86. The molecule has 19 heavy (non-hydrogen) atoms. The highest BCUT2D eigenvalue weighted by Gasteiger charge is 2.31. The van der Waals surface area contributed by atoms with Crippen molar-refractivity contribution in [1.82, 2.24) is 0 Å². The molecule has 0 aromatic heterocycles. The predicted molar refractivity (Wildman–Crippen MR) is 79.2 cm³/mol. The summed E-state index contributed by atoms with van der Waals surface area (Å²) in [6.45, 7) is 5.60. The number of hydrogen-bond acceptors (Lipinski definition) is 2. The molecule has 0 aromatic carbocycles. The van der Waals surface area contributed by atoms with Gasteiger partial charge in [-0.3, -0.25) is 0 Å². The van der Waals surface area contributed by atoms with Crippen LogP contribution in [0.4, 0.5) is 0 Å². The molecule has 1 saturated carbocycles. The van der Waals surface area contributed by atoms with Gasteiger partial charge in [0, 0.05) is 6.61 Å². The highest BCUT2D eigenvalue weighted by molar-refractivity contribution is 4.84. The molecule has 0 bridgehead atoms. The van der Waals surface area contributed by atoms with Crippen LogP contribution in [0.15, 0.2) is 0 Å². The minimum absolute atomic E-state index is 0.373. The van der Waals surface area contributed by atoms with E-state index >= 15 is 0 Å². The Morgan fingerprint density at radius 2 is 2.00 bits per heavy atom. The van der Waals surface area contributed by atoms with Crippen LogP contribution in [0, 0.1) is 11.8 Å². The molecule has 3 unspecified atom stereocenters. The van der Waals surface area contributed by atoms with E-state index in [1.165, 1.54) is 32.1 Å². The smallest absolute Gasteiger partial charge is 0.0648 e. The van der Waals surface area contributed by atoms with E-state index in [4.69, 9.17) is 4.74 Å². The lowest BCUT2D eigenvalue weighted by Gasteiger charge is -2.27. The van der Waals surface area contributed by atoms with Crippen LogP contribution in [0.3, 0.4) is 0 Å². The second-order valence-electron chi connectivity index (χ2n) is 7.19. The first-order valence-corrected chi connectivity index (χ1v) is 8.43. The summed E-state index contributed by atoms with van der Waals surface area (Å²) in [7, 11) is 0. The number of hydrogen-bond donors (Lipinski definition) is 1. The second kappa shape index (κ2) is 7.08. The Balaban J connectivity index is 1.71. The largest absolute Gasteiger partial charge is 0.390 e. The number of aliphatic hydroxyl groups is 1. The van der Waals surface area contributed by atoms with E-state index in [1.54, 1.807) is 0 Å². The highest BCUT2D eigenvalue weighted by atomic mass is 16.5. The summed E-state index contributed by atoms with van der Waals surface area (Å²) < 4.78 is 5.67. The van der Waals surface area contributed by atoms with E-state index < -0.39 is 0 Å². The first-order chi connectivity index (χ1) is 9.09. The maximum atomic E-state index is 10.8. The van der Waals surface area contributed by atoms with Crippen molar-refractivity contribution in [2.75, 3.05) is 6.61 Å². The SMILES string of the molecule is CC(C)C1CCCC(O)(CCCC2CCCO2)CC1. The highest BCUT2D eigenvalue weighted by Crippen LogP contribution is 2.36. The van der Waals surface area contributed by atoms with Gasteiger partial charge in [0.25, 0.3) is 0 Å². The van der Waals surface area contributed by atoms with Crippen molar-refractivity contribution in [3.05, 3.63) is 0 Å². The van der Waals surface area contributed by atoms with Gasteiger partial charge in [0.05, 0.1) is 11.7 Å². The third kappa shape index (κ3) is 4.75. The van der Waals surface area contributed by atoms with Crippen molar-refractivity contribution in [3.8, 4) is 0 Å². The Hall–Kier alpha value is -0.0800. The van der Waals surface area contributed by atoms with Crippen molar-refractivity contribution >= 4 is 0 Å². The van der Waals surface area contributed by atoms with Crippen molar-refractivity contribution in [2.45, 2.75) is 89.8 Å². The summed E-state index contributed by atoms with van der Waals surface area (Å²) in [4.78, 5) is 0. The van der Waals surface area contributed by atoms with Crippen molar-refractivity contribution in [3.63, 3.8) is 0 Å². The molecule has 2 rings (SSSR count). The van der Waals surface area contributed by atoms with Crippen LogP contribution in [0.2, 0.25) is 0 Å². The molecule has 2 aliphatic rings.